The van der Waals surface area contributed by atoms with Crippen molar-refractivity contribution in [1.29, 1.82) is 5.26 Å². The van der Waals surface area contributed by atoms with E-state index in [2.05, 4.69) is 21.7 Å². The summed E-state index contributed by atoms with van der Waals surface area (Å²) in [6.45, 7) is 8.89. The van der Waals surface area contributed by atoms with Crippen LogP contribution in [0.1, 0.15) is 45.2 Å². The second-order valence-corrected chi connectivity index (χ2v) is 7.68. The Morgan fingerprint density at radius 2 is 1.97 bits per heavy atom. The van der Waals surface area contributed by atoms with E-state index in [1.54, 1.807) is 58.0 Å². The molecule has 0 unspecified atom stereocenters. The lowest BCUT2D eigenvalue weighted by atomic mass is 10.1. The highest BCUT2D eigenvalue weighted by atomic mass is 16.6. The molecule has 0 aliphatic rings. The summed E-state index contributed by atoms with van der Waals surface area (Å²) in [5.74, 6) is 0.562. The summed E-state index contributed by atoms with van der Waals surface area (Å²) >= 11 is 0. The fourth-order valence-corrected chi connectivity index (χ4v) is 2.49. The van der Waals surface area contributed by atoms with Gasteiger partial charge < -0.3 is 20.1 Å². The first-order chi connectivity index (χ1) is 14.1. The Morgan fingerprint density at radius 1 is 1.23 bits per heavy atom. The number of carbonyl (C=O) groups excluding carboxylic acids is 2. The highest BCUT2D eigenvalue weighted by molar-refractivity contribution is 5.96. The molecule has 0 bridgehead atoms. The van der Waals surface area contributed by atoms with Crippen molar-refractivity contribution in [3.05, 3.63) is 47.7 Å². The van der Waals surface area contributed by atoms with Gasteiger partial charge in [0, 0.05) is 6.07 Å². The number of pyridine rings is 1. The van der Waals surface area contributed by atoms with Gasteiger partial charge in [0.15, 0.2) is 0 Å². The van der Waals surface area contributed by atoms with Crippen LogP contribution in [0.3, 0.4) is 0 Å². The number of carbonyl (C=O) groups is 2. The third-order valence-corrected chi connectivity index (χ3v) is 3.94. The summed E-state index contributed by atoms with van der Waals surface area (Å²) in [5.41, 5.74) is 1.18. The maximum Gasteiger partial charge on any atom is 0.408 e. The molecule has 0 radical (unpaired) electrons. The van der Waals surface area contributed by atoms with E-state index in [9.17, 15) is 9.59 Å². The van der Waals surface area contributed by atoms with E-state index in [4.69, 9.17) is 14.7 Å². The number of amides is 2. The molecule has 2 N–H and O–H groups in total. The number of hydrogen-bond acceptors (Lipinski definition) is 6. The van der Waals surface area contributed by atoms with Crippen molar-refractivity contribution in [2.75, 3.05) is 5.32 Å². The van der Waals surface area contributed by atoms with Gasteiger partial charge in [0.05, 0.1) is 23.5 Å². The zero-order valence-electron chi connectivity index (χ0n) is 17.8. The van der Waals surface area contributed by atoms with Crippen LogP contribution >= 0.6 is 0 Å². The molecule has 1 aromatic heterocycles. The van der Waals surface area contributed by atoms with E-state index in [1.165, 1.54) is 6.20 Å². The van der Waals surface area contributed by atoms with Gasteiger partial charge in [-0.15, -0.1) is 0 Å². The molecule has 0 saturated heterocycles. The fraction of sp³-hybridized carbons (Fsp3) is 0.364. The van der Waals surface area contributed by atoms with Crippen molar-refractivity contribution in [1.82, 2.24) is 10.3 Å². The average Bonchev–Trinajstić information content (AvgIpc) is 2.67. The van der Waals surface area contributed by atoms with Crippen LogP contribution in [0.4, 0.5) is 10.5 Å². The zero-order valence-corrected chi connectivity index (χ0v) is 17.8. The van der Waals surface area contributed by atoms with Gasteiger partial charge >= 0.3 is 6.09 Å². The Balaban J connectivity index is 1.98. The van der Waals surface area contributed by atoms with Gasteiger partial charge in [-0.3, -0.25) is 4.79 Å². The van der Waals surface area contributed by atoms with E-state index < -0.39 is 17.7 Å². The maximum absolute atomic E-state index is 12.5. The second kappa shape index (κ2) is 9.74. The zero-order chi connectivity index (χ0) is 22.3. The first kappa shape index (κ1) is 22.7. The number of nitriles is 1. The van der Waals surface area contributed by atoms with E-state index in [1.807, 2.05) is 6.92 Å². The van der Waals surface area contributed by atoms with Crippen molar-refractivity contribution in [3.63, 3.8) is 0 Å². The standard InChI is InChI=1S/C22H26N4O4/c1-6-17(26-21(28)30-22(3,4)5)20(27)25-16-8-10-19(24-13-16)29-18-9-7-15(12-23)11-14(18)2/h7-11,13,17H,6H2,1-5H3,(H,25,27)(H,26,28)/t17-/m1/s1. The molecular weight excluding hydrogens is 384 g/mol. The fourth-order valence-electron chi connectivity index (χ4n) is 2.49. The predicted molar refractivity (Wildman–Crippen MR) is 112 cm³/mol. The van der Waals surface area contributed by atoms with Gasteiger partial charge in [0.25, 0.3) is 0 Å². The molecule has 1 aromatic carbocycles. The maximum atomic E-state index is 12.5. The topological polar surface area (TPSA) is 113 Å². The normalized spacial score (nSPS) is 11.7. The number of hydrogen-bond donors (Lipinski definition) is 2. The van der Waals surface area contributed by atoms with Gasteiger partial charge in [-0.2, -0.15) is 5.26 Å². The molecule has 0 aliphatic carbocycles. The smallest absolute Gasteiger partial charge is 0.408 e. The Hall–Kier alpha value is -3.60. The molecule has 30 heavy (non-hydrogen) atoms. The molecular formula is C22H26N4O4. The van der Waals surface area contributed by atoms with Gasteiger partial charge in [-0.25, -0.2) is 9.78 Å². The Labute approximate surface area is 176 Å². The third kappa shape index (κ3) is 6.78. The number of nitrogens with zero attached hydrogens (tertiary/aromatic N) is 2. The number of aryl methyl sites for hydroxylation is 1. The van der Waals surface area contributed by atoms with Crippen molar-refractivity contribution < 1.29 is 19.1 Å². The molecule has 158 valence electrons. The van der Waals surface area contributed by atoms with Crippen LogP contribution in [0, 0.1) is 18.3 Å². The summed E-state index contributed by atoms with van der Waals surface area (Å²) < 4.78 is 10.9. The summed E-state index contributed by atoms with van der Waals surface area (Å²) in [4.78, 5) is 28.6. The van der Waals surface area contributed by atoms with E-state index >= 15 is 0 Å². The van der Waals surface area contributed by atoms with E-state index in [0.29, 0.717) is 29.3 Å². The number of anilines is 1. The Morgan fingerprint density at radius 3 is 2.50 bits per heavy atom. The highest BCUT2D eigenvalue weighted by Crippen LogP contribution is 2.25. The number of alkyl carbamates (subject to hydrolysis) is 1. The summed E-state index contributed by atoms with van der Waals surface area (Å²) in [7, 11) is 0. The average molecular weight is 410 g/mol. The first-order valence-corrected chi connectivity index (χ1v) is 9.56. The summed E-state index contributed by atoms with van der Waals surface area (Å²) in [5, 5.41) is 14.2. The van der Waals surface area contributed by atoms with Crippen LogP contribution < -0.4 is 15.4 Å². The lowest BCUT2D eigenvalue weighted by Crippen LogP contribution is -2.45. The molecule has 8 heteroatoms. The predicted octanol–water partition coefficient (Wildman–Crippen LogP) is 4.30. The first-order valence-electron chi connectivity index (χ1n) is 9.56. The number of aromatic nitrogens is 1. The van der Waals surface area contributed by atoms with Gasteiger partial charge in [0.1, 0.15) is 17.4 Å². The van der Waals surface area contributed by atoms with Crippen LogP contribution in [0.15, 0.2) is 36.5 Å². The number of benzene rings is 1. The lowest BCUT2D eigenvalue weighted by molar-refractivity contribution is -0.118. The van der Waals surface area contributed by atoms with Crippen LogP contribution in [0.2, 0.25) is 0 Å². The molecule has 1 atom stereocenters. The van der Waals surface area contributed by atoms with Gasteiger partial charge in [-0.05, 0) is 63.9 Å². The van der Waals surface area contributed by atoms with Crippen molar-refractivity contribution in [3.8, 4) is 17.7 Å². The van der Waals surface area contributed by atoms with Crippen molar-refractivity contribution in [2.24, 2.45) is 0 Å². The van der Waals surface area contributed by atoms with E-state index in [-0.39, 0.29) is 5.91 Å². The second-order valence-electron chi connectivity index (χ2n) is 7.68. The number of nitrogens with one attached hydrogen (secondary N) is 2. The van der Waals surface area contributed by atoms with Crippen LogP contribution in [0.25, 0.3) is 0 Å². The molecule has 2 rings (SSSR count). The monoisotopic (exact) mass is 410 g/mol. The third-order valence-electron chi connectivity index (χ3n) is 3.94. The van der Waals surface area contributed by atoms with E-state index in [0.717, 1.165) is 5.56 Å². The largest absolute Gasteiger partial charge is 0.444 e. The SMILES string of the molecule is CC[C@@H](NC(=O)OC(C)(C)C)C(=O)Nc1ccc(Oc2ccc(C#N)cc2C)nc1. The van der Waals surface area contributed by atoms with Crippen molar-refractivity contribution in [2.45, 2.75) is 52.7 Å². The molecule has 0 aliphatic heterocycles. The van der Waals surface area contributed by atoms with Crippen LogP contribution in [-0.4, -0.2) is 28.6 Å². The summed E-state index contributed by atoms with van der Waals surface area (Å²) in [6, 6.07) is 9.71. The lowest BCUT2D eigenvalue weighted by Gasteiger charge is -2.22. The molecule has 0 saturated carbocycles. The van der Waals surface area contributed by atoms with Crippen LogP contribution in [0.5, 0.6) is 11.6 Å². The summed E-state index contributed by atoms with van der Waals surface area (Å²) in [6.07, 6.45) is 1.22. The molecule has 0 spiro atoms. The van der Waals surface area contributed by atoms with Crippen LogP contribution in [-0.2, 0) is 9.53 Å². The van der Waals surface area contributed by atoms with Crippen molar-refractivity contribution >= 4 is 17.7 Å². The van der Waals surface area contributed by atoms with Gasteiger partial charge in [-0.1, -0.05) is 6.92 Å². The molecule has 2 aromatic rings. The molecule has 8 nitrogen and oxygen atoms in total. The minimum atomic E-state index is -0.739. The Kier molecular flexibility index (Phi) is 7.37. The minimum Gasteiger partial charge on any atom is -0.444 e. The number of rotatable bonds is 6. The molecule has 1 heterocycles. The van der Waals surface area contributed by atoms with Gasteiger partial charge in [0.2, 0.25) is 11.8 Å². The molecule has 0 fully saturated rings. The minimum absolute atomic E-state index is 0.347. The quantitative estimate of drug-likeness (QED) is 0.734. The molecule has 2 amide bonds. The highest BCUT2D eigenvalue weighted by Gasteiger charge is 2.23. The number of ether oxygens (including phenoxy) is 2. The Bertz CT molecular complexity index is 943.